The van der Waals surface area contributed by atoms with Gasteiger partial charge >= 0.3 is 5.97 Å². The first-order valence-electron chi connectivity index (χ1n) is 5.83. The maximum absolute atomic E-state index is 11.6. The number of aromatic nitrogens is 2. The molecule has 3 rings (SSSR count). The Kier molecular flexibility index (Phi) is 3.06. The van der Waals surface area contributed by atoms with E-state index in [1.165, 1.54) is 29.7 Å². The molecule has 1 aliphatic rings. The molecule has 0 aliphatic carbocycles. The second kappa shape index (κ2) is 4.64. The quantitative estimate of drug-likeness (QED) is 0.900. The number of aryl methyl sites for hydroxylation is 1. The van der Waals surface area contributed by atoms with E-state index >= 15 is 0 Å². The molecular formula is C12H10N2O4S2. The van der Waals surface area contributed by atoms with E-state index in [2.05, 4.69) is 9.97 Å². The Hall–Kier alpha value is -1.80. The zero-order valence-corrected chi connectivity index (χ0v) is 11.9. The van der Waals surface area contributed by atoms with Crippen LogP contribution in [0.25, 0.3) is 10.7 Å². The molecule has 1 N–H and O–H groups in total. The monoisotopic (exact) mass is 310 g/mol. The minimum Gasteiger partial charge on any atom is -0.478 e. The van der Waals surface area contributed by atoms with E-state index in [0.717, 1.165) is 10.6 Å². The summed E-state index contributed by atoms with van der Waals surface area (Å²) in [6.45, 7) is 0. The van der Waals surface area contributed by atoms with Gasteiger partial charge in [-0.05, 0) is 12.1 Å². The van der Waals surface area contributed by atoms with Crippen molar-refractivity contribution in [2.24, 2.45) is 0 Å². The molecule has 3 heterocycles. The highest BCUT2D eigenvalue weighted by atomic mass is 32.2. The highest BCUT2D eigenvalue weighted by Crippen LogP contribution is 2.31. The van der Waals surface area contributed by atoms with Crippen molar-refractivity contribution in [2.75, 3.05) is 5.75 Å². The van der Waals surface area contributed by atoms with E-state index in [-0.39, 0.29) is 17.1 Å². The number of nitrogens with zero attached hydrogens (tertiary/aromatic N) is 2. The Morgan fingerprint density at radius 2 is 2.20 bits per heavy atom. The molecule has 8 heteroatoms. The molecule has 0 bridgehead atoms. The predicted octanol–water partition coefficient (Wildman–Crippen LogP) is 1.37. The lowest BCUT2D eigenvalue weighted by molar-refractivity contribution is 0.0697. The molecule has 0 saturated carbocycles. The lowest BCUT2D eigenvalue weighted by Crippen LogP contribution is -2.17. The molecule has 0 unspecified atom stereocenters. The summed E-state index contributed by atoms with van der Waals surface area (Å²) in [6, 6.07) is 2.85. The van der Waals surface area contributed by atoms with E-state index in [1.54, 1.807) is 0 Å². The number of carboxylic acids is 1. The SMILES string of the molecule is O=C(O)c1ccnc(-c2nc3c(s2)CS(=O)(=O)CC3)c1. The zero-order chi connectivity index (χ0) is 14.3. The second-order valence-electron chi connectivity index (χ2n) is 4.47. The predicted molar refractivity (Wildman–Crippen MR) is 73.5 cm³/mol. The third-order valence-electron chi connectivity index (χ3n) is 3.01. The van der Waals surface area contributed by atoms with Gasteiger partial charge in [0.1, 0.15) is 5.01 Å². The average Bonchev–Trinajstić information content (AvgIpc) is 2.80. The largest absolute Gasteiger partial charge is 0.478 e. The molecule has 0 saturated heterocycles. The third-order valence-corrected chi connectivity index (χ3v) is 5.86. The fraction of sp³-hybridized carbons (Fsp3) is 0.250. The van der Waals surface area contributed by atoms with E-state index in [4.69, 9.17) is 5.11 Å². The minimum absolute atomic E-state index is 0.0125. The lowest BCUT2D eigenvalue weighted by Gasteiger charge is -2.09. The van der Waals surface area contributed by atoms with Gasteiger partial charge in [0.15, 0.2) is 9.84 Å². The number of sulfone groups is 1. The summed E-state index contributed by atoms with van der Waals surface area (Å²) in [7, 11) is -3.03. The smallest absolute Gasteiger partial charge is 0.335 e. The van der Waals surface area contributed by atoms with E-state index in [9.17, 15) is 13.2 Å². The minimum atomic E-state index is -3.03. The Balaban J connectivity index is 2.02. The van der Waals surface area contributed by atoms with Crippen LogP contribution in [-0.2, 0) is 22.0 Å². The highest BCUT2D eigenvalue weighted by molar-refractivity contribution is 7.90. The number of thiazole rings is 1. The number of carbonyl (C=O) groups is 1. The number of hydrogen-bond acceptors (Lipinski definition) is 6. The lowest BCUT2D eigenvalue weighted by atomic mass is 10.2. The first-order chi connectivity index (χ1) is 9.44. The van der Waals surface area contributed by atoms with Crippen molar-refractivity contribution in [2.45, 2.75) is 12.2 Å². The van der Waals surface area contributed by atoms with Crippen molar-refractivity contribution in [3.63, 3.8) is 0 Å². The molecule has 6 nitrogen and oxygen atoms in total. The van der Waals surface area contributed by atoms with E-state index < -0.39 is 15.8 Å². The van der Waals surface area contributed by atoms with Crippen molar-refractivity contribution in [3.8, 4) is 10.7 Å². The first kappa shape index (κ1) is 13.2. The van der Waals surface area contributed by atoms with E-state index in [1.807, 2.05) is 0 Å². The summed E-state index contributed by atoms with van der Waals surface area (Å²) in [5.41, 5.74) is 1.37. The summed E-state index contributed by atoms with van der Waals surface area (Å²) < 4.78 is 23.2. The van der Waals surface area contributed by atoms with Crippen LogP contribution in [0.5, 0.6) is 0 Å². The molecule has 0 atom stereocenters. The van der Waals surface area contributed by atoms with Crippen molar-refractivity contribution < 1.29 is 18.3 Å². The van der Waals surface area contributed by atoms with Gasteiger partial charge in [-0.15, -0.1) is 11.3 Å². The van der Waals surface area contributed by atoms with Crippen LogP contribution >= 0.6 is 11.3 Å². The van der Waals surface area contributed by atoms with Crippen LogP contribution in [0.1, 0.15) is 20.9 Å². The Bertz CT molecular complexity index is 796. The van der Waals surface area contributed by atoms with Crippen LogP contribution in [0, 0.1) is 0 Å². The van der Waals surface area contributed by atoms with Gasteiger partial charge in [0.05, 0.1) is 28.5 Å². The molecule has 104 valence electrons. The van der Waals surface area contributed by atoms with Crippen LogP contribution in [-0.4, -0.2) is 35.2 Å². The summed E-state index contributed by atoms with van der Waals surface area (Å²) in [5.74, 6) is -0.901. The van der Waals surface area contributed by atoms with Gasteiger partial charge in [-0.25, -0.2) is 18.2 Å². The van der Waals surface area contributed by atoms with Gasteiger partial charge in [-0.2, -0.15) is 0 Å². The Morgan fingerprint density at radius 3 is 2.95 bits per heavy atom. The molecule has 1 aliphatic heterocycles. The van der Waals surface area contributed by atoms with Gasteiger partial charge in [-0.1, -0.05) is 0 Å². The standard InChI is InChI=1S/C12H10N2O4S2/c15-12(16)7-1-3-13-9(5-7)11-14-8-2-4-20(17,18)6-10(8)19-11/h1,3,5H,2,4,6H2,(H,15,16). The normalized spacial score (nSPS) is 16.6. The molecule has 0 aromatic carbocycles. The molecule has 0 fully saturated rings. The maximum atomic E-state index is 11.6. The molecule has 20 heavy (non-hydrogen) atoms. The topological polar surface area (TPSA) is 97.2 Å². The van der Waals surface area contributed by atoms with Crippen LogP contribution in [0.15, 0.2) is 18.3 Å². The van der Waals surface area contributed by atoms with Crippen molar-refractivity contribution >= 4 is 27.1 Å². The molecular weight excluding hydrogens is 300 g/mol. The van der Waals surface area contributed by atoms with Gasteiger partial charge in [0.25, 0.3) is 0 Å². The zero-order valence-electron chi connectivity index (χ0n) is 10.2. The second-order valence-corrected chi connectivity index (χ2v) is 7.73. The van der Waals surface area contributed by atoms with E-state index in [0.29, 0.717) is 17.1 Å². The highest BCUT2D eigenvalue weighted by Gasteiger charge is 2.25. The molecule has 2 aromatic heterocycles. The fourth-order valence-electron chi connectivity index (χ4n) is 2.01. The van der Waals surface area contributed by atoms with Gasteiger partial charge in [0, 0.05) is 17.5 Å². The van der Waals surface area contributed by atoms with Crippen LogP contribution in [0.3, 0.4) is 0 Å². The number of carboxylic acid groups (broad SMARTS) is 1. The molecule has 2 aromatic rings. The number of aromatic carboxylic acids is 1. The molecule has 0 radical (unpaired) electrons. The van der Waals surface area contributed by atoms with Crippen LogP contribution in [0.2, 0.25) is 0 Å². The van der Waals surface area contributed by atoms with Gasteiger partial charge in [0.2, 0.25) is 0 Å². The Labute approximate surface area is 119 Å². The van der Waals surface area contributed by atoms with Crippen LogP contribution < -0.4 is 0 Å². The van der Waals surface area contributed by atoms with Crippen LogP contribution in [0.4, 0.5) is 0 Å². The molecule has 0 spiro atoms. The maximum Gasteiger partial charge on any atom is 0.335 e. The van der Waals surface area contributed by atoms with Crippen molar-refractivity contribution in [3.05, 3.63) is 34.5 Å². The molecule has 0 amide bonds. The van der Waals surface area contributed by atoms with Crippen molar-refractivity contribution in [1.29, 1.82) is 0 Å². The first-order valence-corrected chi connectivity index (χ1v) is 8.47. The summed E-state index contributed by atoms with van der Waals surface area (Å²) in [4.78, 5) is 20.2. The number of hydrogen-bond donors (Lipinski definition) is 1. The van der Waals surface area contributed by atoms with Gasteiger partial charge in [-0.3, -0.25) is 4.98 Å². The third kappa shape index (κ3) is 2.44. The van der Waals surface area contributed by atoms with Gasteiger partial charge < -0.3 is 5.11 Å². The number of rotatable bonds is 2. The number of fused-ring (bicyclic) bond motifs is 1. The summed E-state index contributed by atoms with van der Waals surface area (Å²) >= 11 is 1.27. The fourth-order valence-corrected chi connectivity index (χ4v) is 4.87. The number of pyridine rings is 1. The van der Waals surface area contributed by atoms with Crippen molar-refractivity contribution in [1.82, 2.24) is 9.97 Å². The summed E-state index contributed by atoms with van der Waals surface area (Å²) in [6.07, 6.45) is 1.82. The average molecular weight is 310 g/mol. The Morgan fingerprint density at radius 1 is 1.40 bits per heavy atom. The summed E-state index contributed by atoms with van der Waals surface area (Å²) in [5, 5.41) is 9.53.